The fraction of sp³-hybridized carbons (Fsp3) is 0.588. The van der Waals surface area contributed by atoms with E-state index < -0.39 is 0 Å². The summed E-state index contributed by atoms with van der Waals surface area (Å²) >= 11 is 5.98. The number of carbonyl (C=O) groups excluding carboxylic acids is 1. The highest BCUT2D eigenvalue weighted by molar-refractivity contribution is 6.30. The maximum atomic E-state index is 12.3. The standard InChI is InChI=1S/C17H25ClN2O2/c1-3-22-16-11-14(18)4-5-15(16)20-17(21)10-12(2)13-6-8-19-9-7-13/h4-5,11-13,19H,3,6-10H2,1-2H3,(H,20,21). The van der Waals surface area contributed by atoms with E-state index in [1.807, 2.05) is 6.92 Å². The lowest BCUT2D eigenvalue weighted by molar-refractivity contribution is -0.117. The number of rotatable bonds is 6. The topological polar surface area (TPSA) is 50.4 Å². The van der Waals surface area contributed by atoms with Crippen molar-refractivity contribution in [2.24, 2.45) is 11.8 Å². The van der Waals surface area contributed by atoms with E-state index in [-0.39, 0.29) is 5.91 Å². The quantitative estimate of drug-likeness (QED) is 0.838. The normalized spacial score (nSPS) is 17.0. The number of benzene rings is 1. The molecule has 0 bridgehead atoms. The van der Waals surface area contributed by atoms with Crippen LogP contribution in [0.3, 0.4) is 0 Å². The van der Waals surface area contributed by atoms with Crippen LogP contribution in [0.1, 0.15) is 33.1 Å². The molecule has 1 aliphatic rings. The summed E-state index contributed by atoms with van der Waals surface area (Å²) in [5.74, 6) is 1.68. The molecule has 1 amide bonds. The minimum atomic E-state index is 0.0364. The predicted molar refractivity (Wildman–Crippen MR) is 90.6 cm³/mol. The highest BCUT2D eigenvalue weighted by Crippen LogP contribution is 2.29. The van der Waals surface area contributed by atoms with Crippen LogP contribution >= 0.6 is 11.6 Å². The van der Waals surface area contributed by atoms with Crippen LogP contribution in [0, 0.1) is 11.8 Å². The zero-order chi connectivity index (χ0) is 15.9. The molecule has 0 aromatic heterocycles. The van der Waals surface area contributed by atoms with Crippen molar-refractivity contribution in [1.29, 1.82) is 0 Å². The van der Waals surface area contributed by atoms with Gasteiger partial charge in [-0.25, -0.2) is 0 Å². The van der Waals surface area contributed by atoms with E-state index in [4.69, 9.17) is 16.3 Å². The van der Waals surface area contributed by atoms with Crippen molar-refractivity contribution >= 4 is 23.2 Å². The highest BCUT2D eigenvalue weighted by atomic mass is 35.5. The van der Waals surface area contributed by atoms with Crippen LogP contribution in [-0.2, 0) is 4.79 Å². The van der Waals surface area contributed by atoms with Gasteiger partial charge in [0.15, 0.2) is 0 Å². The molecule has 1 atom stereocenters. The molecule has 1 heterocycles. The van der Waals surface area contributed by atoms with Crippen molar-refractivity contribution in [3.05, 3.63) is 23.2 Å². The molecule has 22 heavy (non-hydrogen) atoms. The number of nitrogens with one attached hydrogen (secondary N) is 2. The molecule has 122 valence electrons. The SMILES string of the molecule is CCOc1cc(Cl)ccc1NC(=O)CC(C)C1CCNCC1. The molecule has 0 radical (unpaired) electrons. The van der Waals surface area contributed by atoms with Gasteiger partial charge in [0, 0.05) is 17.5 Å². The Hall–Kier alpha value is -1.26. The van der Waals surface area contributed by atoms with Gasteiger partial charge in [-0.2, -0.15) is 0 Å². The van der Waals surface area contributed by atoms with E-state index in [0.29, 0.717) is 41.3 Å². The van der Waals surface area contributed by atoms with E-state index in [9.17, 15) is 4.79 Å². The van der Waals surface area contributed by atoms with Crippen molar-refractivity contribution in [3.8, 4) is 5.75 Å². The molecule has 1 aromatic carbocycles. The molecule has 1 unspecified atom stereocenters. The average Bonchev–Trinajstić information content (AvgIpc) is 2.51. The van der Waals surface area contributed by atoms with Crippen molar-refractivity contribution < 1.29 is 9.53 Å². The van der Waals surface area contributed by atoms with Crippen LogP contribution in [-0.4, -0.2) is 25.6 Å². The molecule has 4 nitrogen and oxygen atoms in total. The summed E-state index contributed by atoms with van der Waals surface area (Å²) < 4.78 is 5.53. The molecule has 1 saturated heterocycles. The third kappa shape index (κ3) is 4.89. The fourth-order valence-electron chi connectivity index (χ4n) is 2.95. The Kier molecular flexibility index (Phi) is 6.52. The summed E-state index contributed by atoms with van der Waals surface area (Å²) in [7, 11) is 0. The molecule has 5 heteroatoms. The highest BCUT2D eigenvalue weighted by Gasteiger charge is 2.22. The number of anilines is 1. The van der Waals surface area contributed by atoms with Crippen LogP contribution in [0.2, 0.25) is 5.02 Å². The Morgan fingerprint density at radius 1 is 1.45 bits per heavy atom. The molecule has 2 rings (SSSR count). The van der Waals surface area contributed by atoms with Gasteiger partial charge in [0.2, 0.25) is 5.91 Å². The molecule has 1 aliphatic heterocycles. The van der Waals surface area contributed by atoms with Crippen molar-refractivity contribution in [2.45, 2.75) is 33.1 Å². The predicted octanol–water partition coefficient (Wildman–Crippen LogP) is 3.70. The third-order valence-corrected chi connectivity index (χ3v) is 4.45. The van der Waals surface area contributed by atoms with Crippen molar-refractivity contribution in [1.82, 2.24) is 5.32 Å². The number of halogens is 1. The summed E-state index contributed by atoms with van der Waals surface area (Å²) in [5.41, 5.74) is 0.689. The molecular formula is C17H25ClN2O2. The molecule has 0 spiro atoms. The minimum Gasteiger partial charge on any atom is -0.492 e. The van der Waals surface area contributed by atoms with Crippen LogP contribution in [0.25, 0.3) is 0 Å². The lowest BCUT2D eigenvalue weighted by Crippen LogP contribution is -2.32. The molecule has 0 aliphatic carbocycles. The Morgan fingerprint density at radius 2 is 2.18 bits per heavy atom. The average molecular weight is 325 g/mol. The molecule has 2 N–H and O–H groups in total. The Labute approximate surface area is 137 Å². The van der Waals surface area contributed by atoms with E-state index in [2.05, 4.69) is 17.6 Å². The first-order valence-corrected chi connectivity index (χ1v) is 8.41. The first-order chi connectivity index (χ1) is 10.6. The van der Waals surface area contributed by atoms with E-state index in [1.54, 1.807) is 18.2 Å². The van der Waals surface area contributed by atoms with Crippen LogP contribution < -0.4 is 15.4 Å². The number of hydrogen-bond acceptors (Lipinski definition) is 3. The summed E-state index contributed by atoms with van der Waals surface area (Å²) in [6, 6.07) is 5.28. The van der Waals surface area contributed by atoms with Crippen molar-refractivity contribution in [2.75, 3.05) is 25.0 Å². The van der Waals surface area contributed by atoms with E-state index in [0.717, 1.165) is 25.9 Å². The molecular weight excluding hydrogens is 300 g/mol. The minimum absolute atomic E-state index is 0.0364. The lowest BCUT2D eigenvalue weighted by Gasteiger charge is -2.28. The first kappa shape index (κ1) is 17.1. The summed E-state index contributed by atoms with van der Waals surface area (Å²) in [5, 5.41) is 6.92. The lowest BCUT2D eigenvalue weighted by atomic mass is 9.84. The van der Waals surface area contributed by atoms with Gasteiger partial charge >= 0.3 is 0 Å². The third-order valence-electron chi connectivity index (χ3n) is 4.21. The van der Waals surface area contributed by atoms with Gasteiger partial charge in [0.1, 0.15) is 5.75 Å². The number of piperidine rings is 1. The maximum absolute atomic E-state index is 12.3. The van der Waals surface area contributed by atoms with Gasteiger partial charge in [0.05, 0.1) is 12.3 Å². The first-order valence-electron chi connectivity index (χ1n) is 8.03. The van der Waals surface area contributed by atoms with E-state index >= 15 is 0 Å². The number of hydrogen-bond donors (Lipinski definition) is 2. The second kappa shape index (κ2) is 8.39. The van der Waals surface area contributed by atoms with Crippen LogP contribution in [0.15, 0.2) is 18.2 Å². The smallest absolute Gasteiger partial charge is 0.224 e. The van der Waals surface area contributed by atoms with Gasteiger partial charge < -0.3 is 15.4 Å². The molecule has 0 saturated carbocycles. The van der Waals surface area contributed by atoms with Gasteiger partial charge in [-0.3, -0.25) is 4.79 Å². The summed E-state index contributed by atoms with van der Waals surface area (Å²) in [6.07, 6.45) is 2.85. The van der Waals surface area contributed by atoms with Gasteiger partial charge in [-0.1, -0.05) is 18.5 Å². The second-order valence-corrected chi connectivity index (χ2v) is 6.33. The van der Waals surface area contributed by atoms with Crippen LogP contribution in [0.4, 0.5) is 5.69 Å². The zero-order valence-corrected chi connectivity index (χ0v) is 14.1. The zero-order valence-electron chi connectivity index (χ0n) is 13.3. The fourth-order valence-corrected chi connectivity index (χ4v) is 3.11. The van der Waals surface area contributed by atoms with Gasteiger partial charge in [0.25, 0.3) is 0 Å². The molecule has 1 aromatic rings. The number of ether oxygens (including phenoxy) is 1. The van der Waals surface area contributed by atoms with Gasteiger partial charge in [-0.15, -0.1) is 0 Å². The Bertz CT molecular complexity index is 501. The number of carbonyl (C=O) groups is 1. The Balaban J connectivity index is 1.93. The Morgan fingerprint density at radius 3 is 2.86 bits per heavy atom. The maximum Gasteiger partial charge on any atom is 0.224 e. The van der Waals surface area contributed by atoms with Gasteiger partial charge in [-0.05, 0) is 56.8 Å². The van der Waals surface area contributed by atoms with Crippen molar-refractivity contribution in [3.63, 3.8) is 0 Å². The largest absolute Gasteiger partial charge is 0.492 e. The summed E-state index contributed by atoms with van der Waals surface area (Å²) in [6.45, 7) is 6.73. The monoisotopic (exact) mass is 324 g/mol. The summed E-state index contributed by atoms with van der Waals surface area (Å²) in [4.78, 5) is 12.3. The van der Waals surface area contributed by atoms with E-state index in [1.165, 1.54) is 0 Å². The second-order valence-electron chi connectivity index (χ2n) is 5.89. The molecule has 1 fully saturated rings. The van der Waals surface area contributed by atoms with Crippen LogP contribution in [0.5, 0.6) is 5.75 Å². The number of amides is 1.